The van der Waals surface area contributed by atoms with Crippen LogP contribution in [0.5, 0.6) is 0 Å². The number of benzene rings is 2. The highest BCUT2D eigenvalue weighted by Crippen LogP contribution is 2.32. The first-order valence-electron chi connectivity index (χ1n) is 12.7. The number of likely N-dealkylation sites (N-methyl/N-ethyl adjacent to an activating group) is 1. The first kappa shape index (κ1) is 27.4. The van der Waals surface area contributed by atoms with Gasteiger partial charge in [0.05, 0.1) is 27.4 Å². The third-order valence-corrected chi connectivity index (χ3v) is 8.04. The summed E-state index contributed by atoms with van der Waals surface area (Å²) in [7, 11) is 0. The lowest BCUT2D eigenvalue weighted by atomic mass is 9.94. The molecule has 1 aliphatic heterocycles. The number of nitrogens with zero attached hydrogens (tertiary/aromatic N) is 3. The van der Waals surface area contributed by atoms with E-state index in [1.54, 1.807) is 58.9 Å². The molecule has 4 aromatic rings. The van der Waals surface area contributed by atoms with Crippen LogP contribution in [0, 0.1) is 0 Å². The molecular weight excluding hydrogens is 550 g/mol. The molecule has 2 aromatic heterocycles. The van der Waals surface area contributed by atoms with Crippen molar-refractivity contribution in [3.63, 3.8) is 0 Å². The summed E-state index contributed by atoms with van der Waals surface area (Å²) in [5, 5.41) is 9.69. The van der Waals surface area contributed by atoms with E-state index in [1.807, 2.05) is 26.0 Å². The Morgan fingerprint density at radius 1 is 1.07 bits per heavy atom. The summed E-state index contributed by atoms with van der Waals surface area (Å²) in [6, 6.07) is 16.3. The van der Waals surface area contributed by atoms with E-state index < -0.39 is 12.0 Å². The van der Waals surface area contributed by atoms with Gasteiger partial charge in [-0.2, -0.15) is 0 Å². The SMILES string of the molecule is CCN(CC)C(=O)C1=C(C)N=c2s/c(=C/c3ccc(-c4ccc(C(=O)O)cc4)o3)c(=O)n2[C@H]1c1ccc(Cl)cc1. The number of carboxylic acids is 1. The molecule has 5 rings (SSSR count). The van der Waals surface area contributed by atoms with Crippen molar-refractivity contribution in [3.05, 3.63) is 114 Å². The minimum absolute atomic E-state index is 0.162. The summed E-state index contributed by atoms with van der Waals surface area (Å²) in [6.07, 6.45) is 1.66. The Balaban J connectivity index is 1.60. The molecule has 0 aliphatic carbocycles. The van der Waals surface area contributed by atoms with Gasteiger partial charge in [0.2, 0.25) is 0 Å². The number of amides is 1. The van der Waals surface area contributed by atoms with E-state index >= 15 is 0 Å². The maximum absolute atomic E-state index is 13.8. The van der Waals surface area contributed by atoms with Crippen molar-refractivity contribution < 1.29 is 19.1 Å². The lowest BCUT2D eigenvalue weighted by Gasteiger charge is -2.29. The minimum Gasteiger partial charge on any atom is -0.478 e. The number of carboxylic acid groups (broad SMARTS) is 1. The molecule has 0 fully saturated rings. The van der Waals surface area contributed by atoms with E-state index in [0.717, 1.165) is 5.56 Å². The van der Waals surface area contributed by atoms with Gasteiger partial charge in [-0.3, -0.25) is 14.2 Å². The molecule has 3 heterocycles. The minimum atomic E-state index is -1.00. The number of hydrogen-bond donors (Lipinski definition) is 1. The number of aromatic carboxylic acids is 1. The van der Waals surface area contributed by atoms with Crippen LogP contribution >= 0.6 is 22.9 Å². The van der Waals surface area contributed by atoms with E-state index in [4.69, 9.17) is 21.1 Å². The molecule has 1 aliphatic rings. The Hall–Kier alpha value is -4.21. The normalized spacial score (nSPS) is 15.1. The molecule has 40 heavy (non-hydrogen) atoms. The van der Waals surface area contributed by atoms with Crippen LogP contribution in [0.2, 0.25) is 5.02 Å². The third-order valence-electron chi connectivity index (χ3n) is 6.80. The quantitative estimate of drug-likeness (QED) is 0.343. The van der Waals surface area contributed by atoms with E-state index in [1.165, 1.54) is 23.5 Å². The number of carbonyl (C=O) groups is 2. The molecule has 2 aromatic carbocycles. The summed E-state index contributed by atoms with van der Waals surface area (Å²) in [5.74, 6) is -0.167. The second-order valence-corrected chi connectivity index (χ2v) is 10.6. The van der Waals surface area contributed by atoms with Gasteiger partial charge in [-0.15, -0.1) is 0 Å². The summed E-state index contributed by atoms with van der Waals surface area (Å²) in [4.78, 5) is 45.5. The van der Waals surface area contributed by atoms with Crippen LogP contribution < -0.4 is 14.9 Å². The Kier molecular flexibility index (Phi) is 7.60. The zero-order valence-electron chi connectivity index (χ0n) is 22.1. The summed E-state index contributed by atoms with van der Waals surface area (Å²) >= 11 is 7.38. The fourth-order valence-corrected chi connectivity index (χ4v) is 5.88. The van der Waals surface area contributed by atoms with Crippen molar-refractivity contribution in [1.82, 2.24) is 9.47 Å². The van der Waals surface area contributed by atoms with E-state index in [0.29, 0.717) is 55.8 Å². The molecular formula is C30H26ClN3O5S. The molecule has 0 saturated heterocycles. The van der Waals surface area contributed by atoms with Gasteiger partial charge in [-0.1, -0.05) is 47.2 Å². The summed E-state index contributed by atoms with van der Waals surface area (Å²) in [5.41, 5.74) is 2.38. The third kappa shape index (κ3) is 5.05. The van der Waals surface area contributed by atoms with Crippen molar-refractivity contribution in [3.8, 4) is 11.3 Å². The average molecular weight is 576 g/mol. The molecule has 1 N–H and O–H groups in total. The zero-order valence-corrected chi connectivity index (χ0v) is 23.6. The highest BCUT2D eigenvalue weighted by molar-refractivity contribution is 7.07. The van der Waals surface area contributed by atoms with Crippen molar-refractivity contribution in [1.29, 1.82) is 0 Å². The van der Waals surface area contributed by atoms with Crippen LogP contribution in [0.15, 0.2) is 86.1 Å². The molecule has 0 radical (unpaired) electrons. The summed E-state index contributed by atoms with van der Waals surface area (Å²) in [6.45, 7) is 6.70. The van der Waals surface area contributed by atoms with Crippen LogP contribution in [0.4, 0.5) is 0 Å². The highest BCUT2D eigenvalue weighted by atomic mass is 35.5. The van der Waals surface area contributed by atoms with E-state index in [2.05, 4.69) is 4.99 Å². The number of aromatic nitrogens is 1. The van der Waals surface area contributed by atoms with Crippen LogP contribution in [0.3, 0.4) is 0 Å². The van der Waals surface area contributed by atoms with Gasteiger partial charge in [0.25, 0.3) is 11.5 Å². The maximum Gasteiger partial charge on any atom is 0.335 e. The first-order valence-corrected chi connectivity index (χ1v) is 13.9. The van der Waals surface area contributed by atoms with Crippen LogP contribution in [0.1, 0.15) is 48.5 Å². The Morgan fingerprint density at radius 2 is 1.75 bits per heavy atom. The Labute approximate surface area is 238 Å². The largest absolute Gasteiger partial charge is 0.478 e. The smallest absolute Gasteiger partial charge is 0.335 e. The number of allylic oxidation sites excluding steroid dienone is 1. The highest BCUT2D eigenvalue weighted by Gasteiger charge is 2.34. The number of halogens is 1. The van der Waals surface area contributed by atoms with Gasteiger partial charge in [-0.25, -0.2) is 9.79 Å². The molecule has 204 valence electrons. The topological polar surface area (TPSA) is 105 Å². The fourth-order valence-electron chi connectivity index (χ4n) is 4.73. The molecule has 1 atom stereocenters. The number of rotatable bonds is 7. The Bertz CT molecular complexity index is 1810. The van der Waals surface area contributed by atoms with Crippen LogP contribution in [0.25, 0.3) is 17.4 Å². The van der Waals surface area contributed by atoms with E-state index in [-0.39, 0.29) is 17.0 Å². The van der Waals surface area contributed by atoms with Gasteiger partial charge >= 0.3 is 5.97 Å². The molecule has 0 unspecified atom stereocenters. The zero-order chi connectivity index (χ0) is 28.6. The van der Waals surface area contributed by atoms with Gasteiger partial charge in [0.1, 0.15) is 11.5 Å². The van der Waals surface area contributed by atoms with Gasteiger partial charge in [0.15, 0.2) is 4.80 Å². The number of fused-ring (bicyclic) bond motifs is 1. The standard InChI is InChI=1S/C30H26ClN3O5S/c1-4-33(5-2)28(36)25-17(3)32-30-34(26(25)19-10-12-21(31)13-11-19)27(35)24(40-30)16-22-14-15-23(39-22)18-6-8-20(9-7-18)29(37)38/h6-16,26H,4-5H2,1-3H3,(H,37,38)/b24-16+/t26-/m0/s1. The maximum atomic E-state index is 13.8. The molecule has 8 nitrogen and oxygen atoms in total. The van der Waals surface area contributed by atoms with Crippen molar-refractivity contribution in [2.24, 2.45) is 4.99 Å². The van der Waals surface area contributed by atoms with Gasteiger partial charge in [0, 0.05) is 29.8 Å². The van der Waals surface area contributed by atoms with Crippen LogP contribution in [-0.4, -0.2) is 39.5 Å². The number of thiazole rings is 1. The number of hydrogen-bond acceptors (Lipinski definition) is 6. The van der Waals surface area contributed by atoms with Crippen molar-refractivity contribution in [2.45, 2.75) is 26.8 Å². The molecule has 0 bridgehead atoms. The molecule has 0 saturated carbocycles. The first-order chi connectivity index (χ1) is 19.2. The molecule has 10 heteroatoms. The number of furan rings is 1. The lowest BCUT2D eigenvalue weighted by molar-refractivity contribution is -0.127. The second kappa shape index (κ2) is 11.1. The second-order valence-electron chi connectivity index (χ2n) is 9.20. The predicted molar refractivity (Wildman–Crippen MR) is 154 cm³/mol. The van der Waals surface area contributed by atoms with Crippen LogP contribution in [-0.2, 0) is 4.79 Å². The van der Waals surface area contributed by atoms with E-state index in [9.17, 15) is 14.4 Å². The van der Waals surface area contributed by atoms with Crippen molar-refractivity contribution in [2.75, 3.05) is 13.1 Å². The predicted octanol–water partition coefficient (Wildman–Crippen LogP) is 4.72. The lowest BCUT2D eigenvalue weighted by Crippen LogP contribution is -2.43. The molecule has 1 amide bonds. The average Bonchev–Trinajstić information content (AvgIpc) is 3.53. The van der Waals surface area contributed by atoms with Gasteiger partial charge < -0.3 is 14.4 Å². The Morgan fingerprint density at radius 3 is 2.38 bits per heavy atom. The summed E-state index contributed by atoms with van der Waals surface area (Å²) < 4.78 is 7.94. The fraction of sp³-hybridized carbons (Fsp3) is 0.200. The molecule has 0 spiro atoms. The number of carbonyl (C=O) groups excluding carboxylic acids is 1. The monoisotopic (exact) mass is 575 g/mol. The van der Waals surface area contributed by atoms with Gasteiger partial charge in [-0.05, 0) is 62.7 Å². The van der Waals surface area contributed by atoms with Crippen molar-refractivity contribution >= 4 is 40.9 Å².